The van der Waals surface area contributed by atoms with E-state index in [9.17, 15) is 8.78 Å². The molecule has 1 aromatic carbocycles. The summed E-state index contributed by atoms with van der Waals surface area (Å²) in [5, 5.41) is 0. The summed E-state index contributed by atoms with van der Waals surface area (Å²) in [6, 6.07) is 3.40. The summed E-state index contributed by atoms with van der Waals surface area (Å²) in [6.45, 7) is 4.83. The lowest BCUT2D eigenvalue weighted by Crippen LogP contribution is -2.05. The quantitative estimate of drug-likeness (QED) is 0.728. The molecule has 15 heavy (non-hydrogen) atoms. The van der Waals surface area contributed by atoms with Crippen LogP contribution in [0.3, 0.4) is 0 Å². The molecule has 1 aromatic rings. The topological polar surface area (TPSA) is 9.23 Å². The number of halogens is 2. The highest BCUT2D eigenvalue weighted by atomic mass is 19.1. The fraction of sp³-hybridized carbons (Fsp3) is 0.500. The van der Waals surface area contributed by atoms with Gasteiger partial charge in [0.25, 0.3) is 0 Å². The average molecular weight is 214 g/mol. The van der Waals surface area contributed by atoms with E-state index >= 15 is 0 Å². The van der Waals surface area contributed by atoms with E-state index in [1.165, 1.54) is 6.07 Å². The summed E-state index contributed by atoms with van der Waals surface area (Å²) in [4.78, 5) is 0. The Labute approximate surface area is 89.1 Å². The maximum Gasteiger partial charge on any atom is 0.128 e. The van der Waals surface area contributed by atoms with Crippen LogP contribution in [-0.2, 0) is 11.3 Å². The molecule has 0 bridgehead atoms. The van der Waals surface area contributed by atoms with Crippen LogP contribution in [0.15, 0.2) is 18.2 Å². The third-order valence-corrected chi connectivity index (χ3v) is 2.36. The van der Waals surface area contributed by atoms with Crippen LogP contribution in [0.2, 0.25) is 0 Å². The first-order valence-electron chi connectivity index (χ1n) is 5.15. The van der Waals surface area contributed by atoms with Gasteiger partial charge in [-0.15, -0.1) is 0 Å². The fourth-order valence-corrected chi connectivity index (χ4v) is 1.14. The fourth-order valence-electron chi connectivity index (χ4n) is 1.14. The molecule has 1 rings (SSSR count). The molecule has 0 amide bonds. The van der Waals surface area contributed by atoms with E-state index in [0.717, 1.165) is 18.6 Å². The van der Waals surface area contributed by atoms with E-state index in [2.05, 4.69) is 13.8 Å². The van der Waals surface area contributed by atoms with E-state index in [4.69, 9.17) is 4.74 Å². The van der Waals surface area contributed by atoms with Gasteiger partial charge in [0, 0.05) is 12.2 Å². The largest absolute Gasteiger partial charge is 0.376 e. The lowest BCUT2D eigenvalue weighted by Gasteiger charge is -2.09. The zero-order chi connectivity index (χ0) is 11.3. The first-order chi connectivity index (χ1) is 7.13. The van der Waals surface area contributed by atoms with Crippen molar-refractivity contribution in [2.45, 2.75) is 26.9 Å². The van der Waals surface area contributed by atoms with Gasteiger partial charge in [-0.1, -0.05) is 20.3 Å². The summed E-state index contributed by atoms with van der Waals surface area (Å²) in [7, 11) is 0. The van der Waals surface area contributed by atoms with Crippen molar-refractivity contribution in [2.75, 3.05) is 6.61 Å². The highest BCUT2D eigenvalue weighted by Gasteiger charge is 2.05. The summed E-state index contributed by atoms with van der Waals surface area (Å²) in [5.74, 6) is -0.402. The Morgan fingerprint density at radius 2 is 2.07 bits per heavy atom. The molecule has 0 saturated carbocycles. The van der Waals surface area contributed by atoms with Crippen molar-refractivity contribution in [1.82, 2.24) is 0 Å². The molecule has 1 nitrogen and oxygen atoms in total. The van der Waals surface area contributed by atoms with Crippen LogP contribution in [0.1, 0.15) is 25.8 Å². The van der Waals surface area contributed by atoms with Gasteiger partial charge >= 0.3 is 0 Å². The number of ether oxygens (including phenoxy) is 1. The minimum absolute atomic E-state index is 0.133. The second-order valence-electron chi connectivity index (χ2n) is 3.76. The third kappa shape index (κ3) is 3.96. The van der Waals surface area contributed by atoms with Crippen LogP contribution >= 0.6 is 0 Å². The molecule has 3 heteroatoms. The van der Waals surface area contributed by atoms with E-state index in [1.54, 1.807) is 0 Å². The molecule has 0 fully saturated rings. The van der Waals surface area contributed by atoms with E-state index in [0.29, 0.717) is 12.5 Å². The monoisotopic (exact) mass is 214 g/mol. The number of hydrogen-bond donors (Lipinski definition) is 0. The molecular weight excluding hydrogens is 198 g/mol. The molecule has 1 atom stereocenters. The molecule has 0 saturated heterocycles. The molecule has 0 N–H and O–H groups in total. The van der Waals surface area contributed by atoms with Crippen LogP contribution in [0.4, 0.5) is 8.78 Å². The Bertz CT molecular complexity index is 312. The minimum atomic E-state index is -0.432. The van der Waals surface area contributed by atoms with E-state index < -0.39 is 11.6 Å². The van der Waals surface area contributed by atoms with Crippen LogP contribution < -0.4 is 0 Å². The number of hydrogen-bond acceptors (Lipinski definition) is 1. The molecule has 0 aliphatic heterocycles. The van der Waals surface area contributed by atoms with Crippen molar-refractivity contribution >= 4 is 0 Å². The molecule has 1 unspecified atom stereocenters. The Morgan fingerprint density at radius 3 is 2.73 bits per heavy atom. The van der Waals surface area contributed by atoms with Gasteiger partial charge in [-0.25, -0.2) is 8.78 Å². The average Bonchev–Trinajstić information content (AvgIpc) is 2.23. The van der Waals surface area contributed by atoms with Gasteiger partial charge in [-0.2, -0.15) is 0 Å². The van der Waals surface area contributed by atoms with Gasteiger partial charge in [0.15, 0.2) is 0 Å². The molecule has 0 aliphatic carbocycles. The number of benzene rings is 1. The standard InChI is InChI=1S/C12H16F2O/c1-3-9(2)7-15-8-10-6-11(13)4-5-12(10)14/h4-6,9H,3,7-8H2,1-2H3. The van der Waals surface area contributed by atoms with Gasteiger partial charge in [0.1, 0.15) is 11.6 Å². The minimum Gasteiger partial charge on any atom is -0.376 e. The van der Waals surface area contributed by atoms with Crippen LogP contribution in [0.5, 0.6) is 0 Å². The highest BCUT2D eigenvalue weighted by Crippen LogP contribution is 2.11. The van der Waals surface area contributed by atoms with Gasteiger partial charge in [-0.3, -0.25) is 0 Å². The molecule has 0 aliphatic rings. The second kappa shape index (κ2) is 5.81. The molecule has 84 valence electrons. The SMILES string of the molecule is CCC(C)COCc1cc(F)ccc1F. The van der Waals surface area contributed by atoms with Gasteiger partial charge in [-0.05, 0) is 24.1 Å². The lowest BCUT2D eigenvalue weighted by atomic mass is 10.1. The Morgan fingerprint density at radius 1 is 1.33 bits per heavy atom. The normalized spacial score (nSPS) is 12.8. The molecule has 0 heterocycles. The Kier molecular flexibility index (Phi) is 4.69. The van der Waals surface area contributed by atoms with E-state index in [1.807, 2.05) is 0 Å². The van der Waals surface area contributed by atoms with Gasteiger partial charge < -0.3 is 4.74 Å². The predicted octanol–water partition coefficient (Wildman–Crippen LogP) is 3.53. The lowest BCUT2D eigenvalue weighted by molar-refractivity contribution is 0.0889. The maximum atomic E-state index is 13.1. The van der Waals surface area contributed by atoms with Crippen molar-refractivity contribution in [2.24, 2.45) is 5.92 Å². The number of rotatable bonds is 5. The summed E-state index contributed by atoms with van der Waals surface area (Å²) in [6.07, 6.45) is 1.02. The van der Waals surface area contributed by atoms with Crippen molar-refractivity contribution in [3.8, 4) is 0 Å². The summed E-state index contributed by atoms with van der Waals surface area (Å²) < 4.78 is 31.2. The summed E-state index contributed by atoms with van der Waals surface area (Å²) in [5.41, 5.74) is 0.276. The van der Waals surface area contributed by atoms with Crippen molar-refractivity contribution in [1.29, 1.82) is 0 Å². The van der Waals surface area contributed by atoms with Crippen LogP contribution in [0.25, 0.3) is 0 Å². The first-order valence-corrected chi connectivity index (χ1v) is 5.15. The zero-order valence-electron chi connectivity index (χ0n) is 9.09. The van der Waals surface area contributed by atoms with Crippen LogP contribution in [0, 0.1) is 17.6 Å². The van der Waals surface area contributed by atoms with Crippen molar-refractivity contribution in [3.63, 3.8) is 0 Å². The third-order valence-electron chi connectivity index (χ3n) is 2.36. The second-order valence-corrected chi connectivity index (χ2v) is 3.76. The molecule has 0 spiro atoms. The smallest absolute Gasteiger partial charge is 0.128 e. The maximum absolute atomic E-state index is 13.1. The van der Waals surface area contributed by atoms with Crippen molar-refractivity contribution < 1.29 is 13.5 Å². The van der Waals surface area contributed by atoms with Crippen molar-refractivity contribution in [3.05, 3.63) is 35.4 Å². The predicted molar refractivity (Wildman–Crippen MR) is 55.5 cm³/mol. The molecule has 0 aromatic heterocycles. The zero-order valence-corrected chi connectivity index (χ0v) is 9.09. The first kappa shape index (κ1) is 12.1. The summed E-state index contributed by atoms with van der Waals surface area (Å²) >= 11 is 0. The Hall–Kier alpha value is -0.960. The Balaban J connectivity index is 2.46. The molecule has 0 radical (unpaired) electrons. The van der Waals surface area contributed by atoms with Gasteiger partial charge in [0.2, 0.25) is 0 Å². The highest BCUT2D eigenvalue weighted by molar-refractivity contribution is 5.17. The van der Waals surface area contributed by atoms with E-state index in [-0.39, 0.29) is 12.2 Å². The molecular formula is C12H16F2O. The van der Waals surface area contributed by atoms with Gasteiger partial charge in [0.05, 0.1) is 6.61 Å². The van der Waals surface area contributed by atoms with Crippen LogP contribution in [-0.4, -0.2) is 6.61 Å².